The van der Waals surface area contributed by atoms with Gasteiger partial charge in [0.15, 0.2) is 0 Å². The van der Waals surface area contributed by atoms with E-state index >= 15 is 0 Å². The molecule has 0 aliphatic carbocycles. The number of nitrogens with zero attached hydrogens (tertiary/aromatic N) is 2. The molecule has 0 bridgehead atoms. The van der Waals surface area contributed by atoms with Gasteiger partial charge in [0.1, 0.15) is 17.0 Å². The predicted molar refractivity (Wildman–Crippen MR) is 191 cm³/mol. The van der Waals surface area contributed by atoms with E-state index in [4.69, 9.17) is 9.40 Å². The summed E-state index contributed by atoms with van der Waals surface area (Å²) in [4.78, 5) is 5.30. The average Bonchev–Trinajstić information content (AvgIpc) is 3.72. The third-order valence-electron chi connectivity index (χ3n) is 9.88. The number of fused-ring (bicyclic) bond motifs is 5. The second kappa shape index (κ2) is 9.90. The lowest BCUT2D eigenvalue weighted by Crippen LogP contribution is -2.35. The Morgan fingerprint density at radius 1 is 0.468 bits per heavy atom. The number of furan rings is 1. The van der Waals surface area contributed by atoms with E-state index in [0.29, 0.717) is 0 Å². The van der Waals surface area contributed by atoms with Crippen LogP contribution in [0.3, 0.4) is 0 Å². The highest BCUT2D eigenvalue weighted by molar-refractivity contribution is 6.06. The summed E-state index contributed by atoms with van der Waals surface area (Å²) in [6.45, 7) is 0. The Balaban J connectivity index is 1.34. The van der Waals surface area contributed by atoms with Crippen LogP contribution in [0.15, 0.2) is 174 Å². The first-order valence-electron chi connectivity index (χ1n) is 16.1. The highest BCUT2D eigenvalue weighted by atomic mass is 16.3. The molecule has 3 heteroatoms. The van der Waals surface area contributed by atoms with Gasteiger partial charge >= 0.3 is 0 Å². The Kier molecular flexibility index (Phi) is 5.49. The van der Waals surface area contributed by atoms with Gasteiger partial charge in [0.25, 0.3) is 0 Å². The van der Waals surface area contributed by atoms with Gasteiger partial charge in [-0.1, -0.05) is 133 Å². The highest BCUT2D eigenvalue weighted by Crippen LogP contribution is 2.54. The van der Waals surface area contributed by atoms with Gasteiger partial charge < -0.3 is 4.42 Å². The number of hydrogen-bond donors (Lipinski definition) is 0. The molecule has 0 radical (unpaired) electrons. The molecule has 3 nitrogen and oxygen atoms in total. The molecule has 220 valence electrons. The molecule has 47 heavy (non-hydrogen) atoms. The summed E-state index contributed by atoms with van der Waals surface area (Å²) >= 11 is 0. The highest BCUT2D eigenvalue weighted by Gasteiger charge is 2.45. The minimum absolute atomic E-state index is 0.580. The lowest BCUT2D eigenvalue weighted by Gasteiger charge is -2.41. The molecule has 1 aliphatic heterocycles. The van der Waals surface area contributed by atoms with Crippen molar-refractivity contribution in [1.29, 1.82) is 0 Å². The number of imidazole rings is 1. The molecule has 0 spiro atoms. The second-order valence-electron chi connectivity index (χ2n) is 12.3. The predicted octanol–water partition coefficient (Wildman–Crippen LogP) is 11.0. The average molecular weight is 601 g/mol. The van der Waals surface area contributed by atoms with Gasteiger partial charge in [0, 0.05) is 16.3 Å². The molecule has 0 saturated carbocycles. The molecule has 0 atom stereocenters. The first kappa shape index (κ1) is 26.1. The van der Waals surface area contributed by atoms with E-state index in [9.17, 15) is 0 Å². The molecule has 0 saturated heterocycles. The molecule has 2 aromatic heterocycles. The van der Waals surface area contributed by atoms with E-state index < -0.39 is 5.41 Å². The van der Waals surface area contributed by atoms with Crippen molar-refractivity contribution in [3.8, 4) is 28.2 Å². The molecule has 1 aliphatic rings. The van der Waals surface area contributed by atoms with Crippen LogP contribution >= 0.6 is 0 Å². The summed E-state index contributed by atoms with van der Waals surface area (Å²) in [5.74, 6) is 0.947. The minimum atomic E-state index is -0.580. The number of hydrogen-bond acceptors (Lipinski definition) is 2. The van der Waals surface area contributed by atoms with Crippen molar-refractivity contribution < 1.29 is 4.42 Å². The molecule has 9 aromatic rings. The quantitative estimate of drug-likeness (QED) is 0.201. The van der Waals surface area contributed by atoms with Crippen LogP contribution < -0.4 is 0 Å². The topological polar surface area (TPSA) is 31.0 Å². The fourth-order valence-corrected chi connectivity index (χ4v) is 7.87. The summed E-state index contributed by atoms with van der Waals surface area (Å²) < 4.78 is 8.57. The molecule has 0 unspecified atom stereocenters. The Labute approximate surface area is 272 Å². The zero-order valence-corrected chi connectivity index (χ0v) is 25.5. The van der Waals surface area contributed by atoms with E-state index in [1.165, 1.54) is 22.3 Å². The van der Waals surface area contributed by atoms with Crippen molar-refractivity contribution in [3.05, 3.63) is 192 Å². The van der Waals surface area contributed by atoms with Crippen molar-refractivity contribution in [2.45, 2.75) is 5.41 Å². The van der Waals surface area contributed by atoms with Gasteiger partial charge in [-0.15, -0.1) is 0 Å². The smallest absolute Gasteiger partial charge is 0.145 e. The van der Waals surface area contributed by atoms with Crippen LogP contribution in [0, 0.1) is 0 Å². The summed E-state index contributed by atoms with van der Waals surface area (Å²) in [5.41, 5.74) is 12.8. The zero-order chi connectivity index (χ0) is 31.0. The van der Waals surface area contributed by atoms with Crippen LogP contribution in [-0.2, 0) is 5.41 Å². The Hall–Kier alpha value is -6.19. The number of aromatic nitrogens is 2. The summed E-state index contributed by atoms with van der Waals surface area (Å²) in [6.07, 6.45) is 0. The fraction of sp³-hybridized carbons (Fsp3) is 0.0227. The Morgan fingerprint density at radius 2 is 1.11 bits per heavy atom. The minimum Gasteiger partial charge on any atom is -0.456 e. The molecule has 7 aromatic carbocycles. The largest absolute Gasteiger partial charge is 0.456 e. The SMILES string of the molecule is c1ccc(-c2nc3cccc4c3n2-c2ccc(-c3ccc5oc6ccccc6c5c3)cc2C4(c2ccccc2)c2ccccc2)cc1. The number of benzene rings is 7. The van der Waals surface area contributed by atoms with Crippen molar-refractivity contribution >= 4 is 33.0 Å². The van der Waals surface area contributed by atoms with Gasteiger partial charge in [0.05, 0.1) is 22.1 Å². The van der Waals surface area contributed by atoms with Crippen LogP contribution in [0.1, 0.15) is 22.3 Å². The van der Waals surface area contributed by atoms with Crippen LogP contribution in [-0.4, -0.2) is 9.55 Å². The first-order chi connectivity index (χ1) is 23.3. The lowest BCUT2D eigenvalue weighted by molar-refractivity contribution is 0.669. The van der Waals surface area contributed by atoms with Crippen LogP contribution in [0.2, 0.25) is 0 Å². The molecule has 3 heterocycles. The van der Waals surface area contributed by atoms with Crippen LogP contribution in [0.25, 0.3) is 61.2 Å². The zero-order valence-electron chi connectivity index (χ0n) is 25.5. The maximum absolute atomic E-state index is 6.19. The van der Waals surface area contributed by atoms with Gasteiger partial charge in [-0.3, -0.25) is 4.57 Å². The van der Waals surface area contributed by atoms with Gasteiger partial charge in [0.2, 0.25) is 0 Å². The van der Waals surface area contributed by atoms with E-state index in [-0.39, 0.29) is 0 Å². The van der Waals surface area contributed by atoms with Crippen LogP contribution in [0.4, 0.5) is 0 Å². The van der Waals surface area contributed by atoms with Gasteiger partial charge in [-0.05, 0) is 69.8 Å². The van der Waals surface area contributed by atoms with E-state index in [2.05, 4.69) is 162 Å². The van der Waals surface area contributed by atoms with Crippen molar-refractivity contribution in [2.75, 3.05) is 0 Å². The molecule has 0 N–H and O–H groups in total. The van der Waals surface area contributed by atoms with Crippen LogP contribution in [0.5, 0.6) is 0 Å². The monoisotopic (exact) mass is 600 g/mol. The Morgan fingerprint density at radius 3 is 1.87 bits per heavy atom. The lowest BCUT2D eigenvalue weighted by atomic mass is 9.63. The summed E-state index contributed by atoms with van der Waals surface area (Å²) in [7, 11) is 0. The maximum Gasteiger partial charge on any atom is 0.145 e. The normalized spacial score (nSPS) is 13.3. The molecular formula is C44H28N2O. The second-order valence-corrected chi connectivity index (χ2v) is 12.3. The standard InChI is InChI=1S/C44H28N2O/c1-4-13-29(14-5-1)43-45-38-21-12-20-36-42(38)46(43)39-25-23-31(30-24-26-41-35(27-30)34-19-10-11-22-40(34)47-41)28-37(39)44(36,32-15-6-2-7-16-32)33-17-8-3-9-18-33/h1-28H. The third kappa shape index (κ3) is 3.65. The molecular weight excluding hydrogens is 572 g/mol. The number of para-hydroxylation sites is 2. The molecule has 0 amide bonds. The van der Waals surface area contributed by atoms with Crippen molar-refractivity contribution in [3.63, 3.8) is 0 Å². The summed E-state index contributed by atoms with van der Waals surface area (Å²) in [6, 6.07) is 60.9. The van der Waals surface area contributed by atoms with E-state index in [0.717, 1.165) is 61.2 Å². The third-order valence-corrected chi connectivity index (χ3v) is 9.88. The summed E-state index contributed by atoms with van der Waals surface area (Å²) in [5, 5.41) is 2.26. The molecule has 10 rings (SSSR count). The fourth-order valence-electron chi connectivity index (χ4n) is 7.87. The van der Waals surface area contributed by atoms with E-state index in [1.807, 2.05) is 12.1 Å². The first-order valence-corrected chi connectivity index (χ1v) is 16.1. The van der Waals surface area contributed by atoms with Gasteiger partial charge in [-0.2, -0.15) is 0 Å². The molecule has 0 fully saturated rings. The van der Waals surface area contributed by atoms with Gasteiger partial charge in [-0.25, -0.2) is 4.98 Å². The Bertz CT molecular complexity index is 2570. The number of rotatable bonds is 4. The van der Waals surface area contributed by atoms with E-state index in [1.54, 1.807) is 0 Å². The maximum atomic E-state index is 6.19. The van der Waals surface area contributed by atoms with Crippen molar-refractivity contribution in [1.82, 2.24) is 9.55 Å². The van der Waals surface area contributed by atoms with Crippen molar-refractivity contribution in [2.24, 2.45) is 0 Å².